The van der Waals surface area contributed by atoms with Gasteiger partial charge in [-0.15, -0.1) is 0 Å². The SMILES string of the molecule is Cc1nc2ccc(-c3cccc(N4CN(C)c5ccccc54)n3)cc2n1-c1ccccc1O. The van der Waals surface area contributed by atoms with Gasteiger partial charge in [-0.3, -0.25) is 4.57 Å². The molecule has 1 aliphatic heterocycles. The summed E-state index contributed by atoms with van der Waals surface area (Å²) in [5.74, 6) is 1.96. The molecular formula is C27H23N5O. The Morgan fingerprint density at radius 3 is 2.36 bits per heavy atom. The quantitative estimate of drug-likeness (QED) is 0.399. The molecule has 0 aliphatic carbocycles. The number of benzene rings is 3. The highest BCUT2D eigenvalue weighted by Gasteiger charge is 2.25. The van der Waals surface area contributed by atoms with E-state index in [1.807, 2.05) is 54.0 Å². The van der Waals surface area contributed by atoms with Crippen molar-refractivity contribution < 1.29 is 5.11 Å². The van der Waals surface area contributed by atoms with Gasteiger partial charge in [-0.1, -0.05) is 36.4 Å². The molecule has 0 spiro atoms. The summed E-state index contributed by atoms with van der Waals surface area (Å²) in [6.07, 6.45) is 0. The van der Waals surface area contributed by atoms with Gasteiger partial charge in [0.1, 0.15) is 17.4 Å². The van der Waals surface area contributed by atoms with Crippen LogP contribution in [0.4, 0.5) is 17.2 Å². The van der Waals surface area contributed by atoms with Crippen LogP contribution in [0, 0.1) is 6.92 Å². The number of aryl methyl sites for hydroxylation is 1. The normalized spacial score (nSPS) is 13.0. The number of aromatic nitrogens is 3. The molecule has 1 aliphatic rings. The van der Waals surface area contributed by atoms with Crippen molar-refractivity contribution in [2.75, 3.05) is 23.5 Å². The lowest BCUT2D eigenvalue weighted by molar-refractivity contribution is 0.472. The lowest BCUT2D eigenvalue weighted by Gasteiger charge is -2.19. The average molecular weight is 434 g/mol. The Hall–Kier alpha value is -4.32. The van der Waals surface area contributed by atoms with Gasteiger partial charge < -0.3 is 14.9 Å². The van der Waals surface area contributed by atoms with E-state index < -0.39 is 0 Å². The first-order valence-electron chi connectivity index (χ1n) is 10.9. The number of para-hydroxylation sites is 4. The summed E-state index contributed by atoms with van der Waals surface area (Å²) in [5.41, 5.74) is 6.79. The van der Waals surface area contributed by atoms with Gasteiger partial charge in [-0.2, -0.15) is 0 Å². The highest BCUT2D eigenvalue weighted by Crippen LogP contribution is 2.39. The largest absolute Gasteiger partial charge is 0.506 e. The number of anilines is 3. The first kappa shape index (κ1) is 19.4. The Morgan fingerprint density at radius 2 is 1.55 bits per heavy atom. The molecule has 3 heterocycles. The van der Waals surface area contributed by atoms with Crippen molar-refractivity contribution in [3.8, 4) is 22.7 Å². The molecule has 33 heavy (non-hydrogen) atoms. The van der Waals surface area contributed by atoms with Gasteiger partial charge in [-0.05, 0) is 55.5 Å². The smallest absolute Gasteiger partial charge is 0.139 e. The number of rotatable bonds is 3. The molecule has 6 rings (SSSR count). The van der Waals surface area contributed by atoms with Gasteiger partial charge in [0.2, 0.25) is 0 Å². The number of aromatic hydroxyl groups is 1. The van der Waals surface area contributed by atoms with Gasteiger partial charge in [0.05, 0.1) is 40.5 Å². The molecule has 2 aromatic heterocycles. The van der Waals surface area contributed by atoms with Gasteiger partial charge in [0.15, 0.2) is 0 Å². The van der Waals surface area contributed by atoms with Crippen LogP contribution in [-0.2, 0) is 0 Å². The minimum absolute atomic E-state index is 0.224. The van der Waals surface area contributed by atoms with Crippen molar-refractivity contribution in [2.24, 2.45) is 0 Å². The lowest BCUT2D eigenvalue weighted by atomic mass is 10.1. The van der Waals surface area contributed by atoms with Gasteiger partial charge in [-0.25, -0.2) is 9.97 Å². The number of hydrogen-bond acceptors (Lipinski definition) is 5. The number of nitrogens with zero attached hydrogens (tertiary/aromatic N) is 5. The third-order valence-corrected chi connectivity index (χ3v) is 6.19. The maximum atomic E-state index is 10.4. The Balaban J connectivity index is 1.45. The van der Waals surface area contributed by atoms with Crippen LogP contribution in [-0.4, -0.2) is 33.4 Å². The van der Waals surface area contributed by atoms with Crippen molar-refractivity contribution in [3.63, 3.8) is 0 Å². The molecule has 0 saturated carbocycles. The summed E-state index contributed by atoms with van der Waals surface area (Å²) in [5, 5.41) is 10.4. The molecule has 0 bridgehead atoms. The third kappa shape index (κ3) is 3.10. The minimum Gasteiger partial charge on any atom is -0.506 e. The Morgan fingerprint density at radius 1 is 0.788 bits per heavy atom. The summed E-state index contributed by atoms with van der Waals surface area (Å²) in [6.45, 7) is 2.71. The number of pyridine rings is 1. The first-order valence-corrected chi connectivity index (χ1v) is 10.9. The molecule has 6 nitrogen and oxygen atoms in total. The monoisotopic (exact) mass is 433 g/mol. The summed E-state index contributed by atoms with van der Waals surface area (Å²) in [6, 6.07) is 28.0. The maximum Gasteiger partial charge on any atom is 0.139 e. The van der Waals surface area contributed by atoms with E-state index in [1.165, 1.54) is 5.69 Å². The van der Waals surface area contributed by atoms with Crippen LogP contribution in [0.3, 0.4) is 0 Å². The fraction of sp³-hybridized carbons (Fsp3) is 0.111. The van der Waals surface area contributed by atoms with E-state index in [0.29, 0.717) is 5.69 Å². The van der Waals surface area contributed by atoms with E-state index in [2.05, 4.69) is 53.2 Å². The topological polar surface area (TPSA) is 57.4 Å². The summed E-state index contributed by atoms with van der Waals surface area (Å²) in [4.78, 5) is 14.2. The number of phenolic OH excluding ortho intramolecular Hbond substituents is 1. The Labute approximate surface area is 192 Å². The number of fused-ring (bicyclic) bond motifs is 2. The number of imidazole rings is 1. The van der Waals surface area contributed by atoms with Crippen LogP contribution in [0.25, 0.3) is 28.0 Å². The molecule has 0 amide bonds. The molecule has 1 N–H and O–H groups in total. The number of phenols is 1. The Kier molecular flexibility index (Phi) is 4.33. The molecule has 0 fully saturated rings. The standard InChI is InChI=1S/C27H23N5O/c1-18-28-21-15-14-19(16-25(21)32(18)24-11-5-6-12-26(24)33)20-8-7-13-27(29-20)31-17-30(2)22-9-3-4-10-23(22)31/h3-16,33H,17H2,1-2H3. The highest BCUT2D eigenvalue weighted by atomic mass is 16.3. The molecule has 0 radical (unpaired) electrons. The van der Waals surface area contributed by atoms with E-state index in [0.717, 1.165) is 46.3 Å². The second kappa shape index (κ2) is 7.38. The van der Waals surface area contributed by atoms with Crippen molar-refractivity contribution in [2.45, 2.75) is 6.92 Å². The van der Waals surface area contributed by atoms with Crippen molar-refractivity contribution >= 4 is 28.2 Å². The van der Waals surface area contributed by atoms with E-state index >= 15 is 0 Å². The van der Waals surface area contributed by atoms with Crippen LogP contribution < -0.4 is 9.80 Å². The zero-order chi connectivity index (χ0) is 22.5. The van der Waals surface area contributed by atoms with Crippen molar-refractivity contribution in [1.82, 2.24) is 14.5 Å². The van der Waals surface area contributed by atoms with E-state index in [9.17, 15) is 5.11 Å². The van der Waals surface area contributed by atoms with Gasteiger partial charge in [0.25, 0.3) is 0 Å². The first-order chi connectivity index (χ1) is 16.1. The highest BCUT2D eigenvalue weighted by molar-refractivity contribution is 5.85. The Bertz CT molecular complexity index is 1510. The van der Waals surface area contributed by atoms with E-state index in [-0.39, 0.29) is 5.75 Å². The fourth-order valence-corrected chi connectivity index (χ4v) is 4.62. The summed E-state index contributed by atoms with van der Waals surface area (Å²) >= 11 is 0. The summed E-state index contributed by atoms with van der Waals surface area (Å²) < 4.78 is 1.99. The minimum atomic E-state index is 0.224. The zero-order valence-corrected chi connectivity index (χ0v) is 18.5. The molecule has 5 aromatic rings. The average Bonchev–Trinajstić information content (AvgIpc) is 3.35. The predicted octanol–water partition coefficient (Wildman–Crippen LogP) is 5.65. The maximum absolute atomic E-state index is 10.4. The fourth-order valence-electron chi connectivity index (χ4n) is 4.62. The van der Waals surface area contributed by atoms with Crippen molar-refractivity contribution in [1.29, 1.82) is 0 Å². The van der Waals surface area contributed by atoms with Crippen LogP contribution in [0.1, 0.15) is 5.82 Å². The molecule has 6 heteroatoms. The molecule has 0 saturated heterocycles. The predicted molar refractivity (Wildman–Crippen MR) is 133 cm³/mol. The van der Waals surface area contributed by atoms with E-state index in [4.69, 9.17) is 9.97 Å². The van der Waals surface area contributed by atoms with E-state index in [1.54, 1.807) is 6.07 Å². The number of hydrogen-bond donors (Lipinski definition) is 1. The van der Waals surface area contributed by atoms with Crippen LogP contribution in [0.5, 0.6) is 5.75 Å². The van der Waals surface area contributed by atoms with Crippen LogP contribution in [0.2, 0.25) is 0 Å². The second-order valence-corrected chi connectivity index (χ2v) is 8.32. The molecule has 0 atom stereocenters. The van der Waals surface area contributed by atoms with Crippen LogP contribution >= 0.6 is 0 Å². The van der Waals surface area contributed by atoms with Gasteiger partial charge in [0, 0.05) is 12.6 Å². The molecular weight excluding hydrogens is 410 g/mol. The van der Waals surface area contributed by atoms with Crippen LogP contribution in [0.15, 0.2) is 84.9 Å². The molecule has 162 valence electrons. The zero-order valence-electron chi connectivity index (χ0n) is 18.5. The lowest BCUT2D eigenvalue weighted by Crippen LogP contribution is -2.24. The molecule has 0 unspecified atom stereocenters. The third-order valence-electron chi connectivity index (χ3n) is 6.19. The van der Waals surface area contributed by atoms with Gasteiger partial charge >= 0.3 is 0 Å². The summed E-state index contributed by atoms with van der Waals surface area (Å²) in [7, 11) is 2.10. The second-order valence-electron chi connectivity index (χ2n) is 8.32. The molecule has 3 aromatic carbocycles. The van der Waals surface area contributed by atoms with Crippen molar-refractivity contribution in [3.05, 3.63) is 90.8 Å².